The van der Waals surface area contributed by atoms with E-state index in [1.165, 1.54) is 0 Å². The Kier molecular flexibility index (Phi) is 6.11. The lowest BCUT2D eigenvalue weighted by Gasteiger charge is -2.13. The second kappa shape index (κ2) is 8.06. The standard InChI is InChI=1S/C13H13Br2N5O3/c14-6-8(15)11-9(18-20-13(16)22)10(12(21)23-11)19-17-7-4-2-1-3-5-7/h1-5,8,11,17H,6H2,(H3,16,20,22)/b18-9+,19-10-/t8-,11?/m1/s1. The number of nitrogens with one attached hydrogen (secondary N) is 2. The molecule has 1 aliphatic rings. The maximum Gasteiger partial charge on any atom is 0.361 e. The molecule has 2 atom stereocenters. The number of carbonyl (C=O) groups is 2. The van der Waals surface area contributed by atoms with Gasteiger partial charge in [0.1, 0.15) is 5.71 Å². The number of esters is 1. The topological polar surface area (TPSA) is 118 Å². The highest BCUT2D eigenvalue weighted by Gasteiger charge is 2.42. The van der Waals surface area contributed by atoms with E-state index in [0.717, 1.165) is 0 Å². The van der Waals surface area contributed by atoms with Gasteiger partial charge in [-0.2, -0.15) is 10.2 Å². The Labute approximate surface area is 148 Å². The minimum atomic E-state index is -0.851. The summed E-state index contributed by atoms with van der Waals surface area (Å²) in [5.41, 5.74) is 10.7. The zero-order valence-corrected chi connectivity index (χ0v) is 14.9. The highest BCUT2D eigenvalue weighted by molar-refractivity contribution is 9.12. The van der Waals surface area contributed by atoms with E-state index in [0.29, 0.717) is 11.0 Å². The number of alkyl halides is 2. The largest absolute Gasteiger partial charge is 0.450 e. The molecule has 0 radical (unpaired) electrons. The molecule has 1 aromatic rings. The number of benzene rings is 1. The molecule has 0 aliphatic carbocycles. The number of hydrazone groups is 2. The van der Waals surface area contributed by atoms with Crippen LogP contribution in [-0.2, 0) is 9.53 Å². The molecule has 0 aromatic heterocycles. The molecule has 1 unspecified atom stereocenters. The van der Waals surface area contributed by atoms with Crippen LogP contribution >= 0.6 is 31.9 Å². The van der Waals surface area contributed by atoms with Crippen molar-refractivity contribution in [2.45, 2.75) is 10.9 Å². The zero-order valence-electron chi connectivity index (χ0n) is 11.7. The molecule has 0 spiro atoms. The molecule has 23 heavy (non-hydrogen) atoms. The molecule has 0 saturated carbocycles. The summed E-state index contributed by atoms with van der Waals surface area (Å²) < 4.78 is 5.25. The van der Waals surface area contributed by atoms with Crippen molar-refractivity contribution < 1.29 is 14.3 Å². The Balaban J connectivity index is 2.28. The molecule has 0 bridgehead atoms. The number of nitrogens with two attached hydrogens (primary N) is 1. The fourth-order valence-corrected chi connectivity index (χ4v) is 2.46. The van der Waals surface area contributed by atoms with Crippen LogP contribution in [0.3, 0.4) is 0 Å². The van der Waals surface area contributed by atoms with Crippen LogP contribution in [0.25, 0.3) is 0 Å². The number of rotatable bonds is 5. The van der Waals surface area contributed by atoms with Gasteiger partial charge in [0, 0.05) is 5.33 Å². The minimum absolute atomic E-state index is 0.0296. The van der Waals surface area contributed by atoms with Gasteiger partial charge in [0.2, 0.25) is 0 Å². The number of nitrogens with zero attached hydrogens (tertiary/aromatic N) is 2. The van der Waals surface area contributed by atoms with Crippen LogP contribution < -0.4 is 16.6 Å². The van der Waals surface area contributed by atoms with E-state index in [1.54, 1.807) is 12.1 Å². The van der Waals surface area contributed by atoms with Crippen molar-refractivity contribution in [1.82, 2.24) is 5.43 Å². The Bertz CT molecular complexity index is 650. The first kappa shape index (κ1) is 17.4. The minimum Gasteiger partial charge on any atom is -0.450 e. The van der Waals surface area contributed by atoms with Crippen molar-refractivity contribution in [3.63, 3.8) is 0 Å². The third-order valence-electron chi connectivity index (χ3n) is 2.77. The summed E-state index contributed by atoms with van der Waals surface area (Å²) in [5, 5.41) is 8.38. The van der Waals surface area contributed by atoms with Crippen LogP contribution in [0.4, 0.5) is 10.5 Å². The molecule has 1 saturated heterocycles. The van der Waals surface area contributed by atoms with Crippen LogP contribution in [0.15, 0.2) is 40.5 Å². The number of para-hydroxylation sites is 1. The summed E-state index contributed by atoms with van der Waals surface area (Å²) in [7, 11) is 0. The van der Waals surface area contributed by atoms with E-state index in [1.807, 2.05) is 18.2 Å². The third-order valence-corrected chi connectivity index (χ3v) is 5.14. The predicted molar refractivity (Wildman–Crippen MR) is 94.0 cm³/mol. The van der Waals surface area contributed by atoms with Crippen LogP contribution in [0.2, 0.25) is 0 Å². The maximum atomic E-state index is 12.0. The van der Waals surface area contributed by atoms with E-state index in [2.05, 4.69) is 52.9 Å². The summed E-state index contributed by atoms with van der Waals surface area (Å²) >= 11 is 6.67. The fraction of sp³-hybridized carbons (Fsp3) is 0.231. The van der Waals surface area contributed by atoms with E-state index in [9.17, 15) is 9.59 Å². The first-order valence-electron chi connectivity index (χ1n) is 6.46. The lowest BCUT2D eigenvalue weighted by Crippen LogP contribution is -2.34. The maximum absolute atomic E-state index is 12.0. The molecule has 1 aliphatic heterocycles. The highest BCUT2D eigenvalue weighted by atomic mass is 79.9. The van der Waals surface area contributed by atoms with Crippen molar-refractivity contribution in [1.29, 1.82) is 0 Å². The Morgan fingerprint density at radius 1 is 1.35 bits per heavy atom. The van der Waals surface area contributed by atoms with Crippen molar-refractivity contribution in [2.24, 2.45) is 15.9 Å². The second-order valence-corrected chi connectivity index (χ2v) is 6.23. The Morgan fingerprint density at radius 3 is 2.65 bits per heavy atom. The quantitative estimate of drug-likeness (QED) is 0.361. The summed E-state index contributed by atoms with van der Waals surface area (Å²) in [6.45, 7) is 0. The van der Waals surface area contributed by atoms with Gasteiger partial charge in [-0.15, -0.1) is 0 Å². The molecule has 1 heterocycles. The number of ether oxygens (including phenoxy) is 1. The summed E-state index contributed by atoms with van der Waals surface area (Å²) in [6, 6.07) is 8.21. The summed E-state index contributed by atoms with van der Waals surface area (Å²) in [6.07, 6.45) is -0.704. The number of amides is 2. The Hall–Kier alpha value is -1.94. The van der Waals surface area contributed by atoms with Gasteiger partial charge in [-0.3, -0.25) is 5.43 Å². The normalized spacial score (nSPS) is 22.0. The molecule has 1 aromatic carbocycles. The number of cyclic esters (lactones) is 1. The van der Waals surface area contributed by atoms with Gasteiger partial charge in [-0.1, -0.05) is 50.1 Å². The summed E-state index contributed by atoms with van der Waals surface area (Å²) in [5.74, 6) is -0.645. The van der Waals surface area contributed by atoms with E-state index < -0.39 is 18.1 Å². The average Bonchev–Trinajstić information content (AvgIpc) is 2.87. The van der Waals surface area contributed by atoms with Gasteiger partial charge in [-0.05, 0) is 12.1 Å². The van der Waals surface area contributed by atoms with Crippen LogP contribution in [0.5, 0.6) is 0 Å². The van der Waals surface area contributed by atoms with Gasteiger partial charge in [0.15, 0.2) is 11.8 Å². The number of hydrogen-bond donors (Lipinski definition) is 3. The van der Waals surface area contributed by atoms with Crippen molar-refractivity contribution in [3.8, 4) is 0 Å². The number of hydrogen-bond acceptors (Lipinski definition) is 6. The Morgan fingerprint density at radius 2 is 2.04 bits per heavy atom. The van der Waals surface area contributed by atoms with E-state index in [4.69, 9.17) is 10.5 Å². The van der Waals surface area contributed by atoms with Gasteiger partial charge >= 0.3 is 12.0 Å². The van der Waals surface area contributed by atoms with Crippen molar-refractivity contribution in [3.05, 3.63) is 30.3 Å². The van der Waals surface area contributed by atoms with Gasteiger partial charge in [-0.25, -0.2) is 15.0 Å². The van der Waals surface area contributed by atoms with Gasteiger partial charge < -0.3 is 10.5 Å². The molecule has 2 rings (SSSR count). The van der Waals surface area contributed by atoms with Crippen molar-refractivity contribution in [2.75, 3.05) is 10.8 Å². The number of anilines is 1. The molecular weight excluding hydrogens is 434 g/mol. The molecular formula is C13H13Br2N5O3. The number of primary amides is 1. The predicted octanol–water partition coefficient (Wildman–Crippen LogP) is 1.56. The average molecular weight is 447 g/mol. The lowest BCUT2D eigenvalue weighted by atomic mass is 10.1. The first-order valence-corrected chi connectivity index (χ1v) is 8.49. The highest BCUT2D eigenvalue weighted by Crippen LogP contribution is 2.21. The van der Waals surface area contributed by atoms with E-state index >= 15 is 0 Å². The number of halogens is 2. The van der Waals surface area contributed by atoms with Gasteiger partial charge in [0.05, 0.1) is 10.5 Å². The fourth-order valence-electron chi connectivity index (χ4n) is 1.76. The molecule has 8 nitrogen and oxygen atoms in total. The van der Waals surface area contributed by atoms with Crippen LogP contribution in [0.1, 0.15) is 0 Å². The molecule has 2 amide bonds. The zero-order chi connectivity index (χ0) is 16.8. The monoisotopic (exact) mass is 445 g/mol. The summed E-state index contributed by atoms with van der Waals surface area (Å²) in [4.78, 5) is 22.7. The third kappa shape index (κ3) is 4.52. The molecule has 122 valence electrons. The van der Waals surface area contributed by atoms with E-state index in [-0.39, 0.29) is 16.3 Å². The molecule has 10 heteroatoms. The lowest BCUT2D eigenvalue weighted by molar-refractivity contribution is -0.135. The van der Waals surface area contributed by atoms with Gasteiger partial charge in [0.25, 0.3) is 0 Å². The SMILES string of the molecule is NC(=O)N/N=C1\C(=N\Nc2ccccc2)C(=O)OC1[C@H](Br)CBr. The first-order chi connectivity index (χ1) is 11.0. The number of carbonyl (C=O) groups excluding carboxylic acids is 2. The molecule has 4 N–H and O–H groups in total. The van der Waals surface area contributed by atoms with Crippen LogP contribution in [0, 0.1) is 0 Å². The van der Waals surface area contributed by atoms with Crippen molar-refractivity contribution >= 4 is 61.0 Å². The number of urea groups is 1. The smallest absolute Gasteiger partial charge is 0.361 e. The second-order valence-electron chi connectivity index (χ2n) is 4.41. The van der Waals surface area contributed by atoms with Crippen LogP contribution in [-0.4, -0.2) is 39.7 Å². The molecule has 1 fully saturated rings.